The van der Waals surface area contributed by atoms with Crippen molar-refractivity contribution in [2.75, 3.05) is 13.7 Å². The number of carbonyl (C=O) groups is 4. The zero-order chi connectivity index (χ0) is 41.5. The molecule has 0 bridgehead atoms. The third-order valence-corrected chi connectivity index (χ3v) is 16.2. The lowest BCUT2D eigenvalue weighted by Crippen LogP contribution is -2.58. The lowest BCUT2D eigenvalue weighted by Gasteiger charge is -2.37. The number of fused-ring (bicyclic) bond motifs is 6. The van der Waals surface area contributed by atoms with E-state index in [1.807, 2.05) is 12.2 Å². The number of carbonyl (C=O) groups excluding carboxylic acids is 4. The molecule has 3 N–H and O–H groups in total. The van der Waals surface area contributed by atoms with E-state index in [9.17, 15) is 36.4 Å². The third kappa shape index (κ3) is 7.38. The quantitative estimate of drug-likeness (QED) is 0.316. The molecular weight excluding hydrogens is 789 g/mol. The summed E-state index contributed by atoms with van der Waals surface area (Å²) in [5.41, 5.74) is -2.64. The number of ether oxygens (including phenoxy) is 3. The number of aryl methyl sites for hydroxylation is 1. The first-order valence-electron chi connectivity index (χ1n) is 20.9. The number of methoxy groups -OCH3 is 1. The van der Waals surface area contributed by atoms with Crippen LogP contribution in [0.1, 0.15) is 108 Å². The maximum atomic E-state index is 14.8. The molecule has 1 aromatic carbocycles. The summed E-state index contributed by atoms with van der Waals surface area (Å²) < 4.78 is 74.9. The summed E-state index contributed by atoms with van der Waals surface area (Å²) in [7, 11) is -2.55. The van der Waals surface area contributed by atoms with Gasteiger partial charge in [0.15, 0.2) is 5.75 Å². The zero-order valence-electron chi connectivity index (χ0n) is 33.3. The van der Waals surface area contributed by atoms with Crippen molar-refractivity contribution >= 4 is 44.7 Å². The Labute approximate surface area is 341 Å². The van der Waals surface area contributed by atoms with Gasteiger partial charge in [-0.05, 0) is 108 Å². The van der Waals surface area contributed by atoms with Crippen LogP contribution in [-0.4, -0.2) is 89.8 Å². The van der Waals surface area contributed by atoms with Crippen molar-refractivity contribution in [1.29, 1.82) is 0 Å². The molecule has 1 spiro atoms. The molecule has 4 saturated carbocycles. The third-order valence-electron chi connectivity index (χ3n) is 14.0. The van der Waals surface area contributed by atoms with Gasteiger partial charge in [0.05, 0.1) is 23.9 Å². The number of alkyl halides is 2. The summed E-state index contributed by atoms with van der Waals surface area (Å²) in [6.45, 7) is 1.38. The number of pyridine rings is 1. The Kier molecular flexibility index (Phi) is 9.86. The number of halogens is 2. The molecule has 0 radical (unpaired) electrons. The molecule has 1 saturated heterocycles. The van der Waals surface area contributed by atoms with E-state index in [1.54, 1.807) is 25.1 Å². The Morgan fingerprint density at radius 1 is 1.07 bits per heavy atom. The first-order valence-corrected chi connectivity index (χ1v) is 22.4. The molecule has 0 unspecified atom stereocenters. The molecule has 318 valence electrons. The molecule has 17 heteroatoms. The molecule has 8 atom stereocenters. The highest BCUT2D eigenvalue weighted by Gasteiger charge is 2.64. The van der Waals surface area contributed by atoms with Gasteiger partial charge in [0.25, 0.3) is 12.3 Å². The van der Waals surface area contributed by atoms with Gasteiger partial charge in [0, 0.05) is 23.3 Å². The number of alkyl carbamates (subject to hydrolysis) is 1. The number of nitrogens with zero attached hydrogens (tertiary/aromatic N) is 2. The lowest BCUT2D eigenvalue weighted by atomic mass is 9.87. The largest absolute Gasteiger partial charge is 0.497 e. The SMILES string of the molecule is COc1ccc2nc(C(F)F)c3c(c2c1)CC[C@]1(C[C@H]2C(=O)N[C@]4(C(=O)NS(=O)(=O)C5(C)CC5)C[C@H]4/C=C\CCCCC[C@H](NC(=O)O[C@@H]4C[C@@H]5C[C@@H]5C4)C(=O)N2C1)O3. The normalized spacial score (nSPS) is 33.9. The van der Waals surface area contributed by atoms with Crippen molar-refractivity contribution in [2.24, 2.45) is 17.8 Å². The van der Waals surface area contributed by atoms with Crippen LogP contribution in [0, 0.1) is 17.8 Å². The fraction of sp³-hybridized carbons (Fsp3) is 0.643. The standard InChI is InChI=1S/C42H51F2N5O9S/c1-40(14-15-40)59(54,55)48-38(52)42-20-25(42)8-6-4-3-5-7-9-31(46-39(53)57-27-17-23-16-24(23)18-27)37(51)49-22-41(21-32(49)36(50)47-42)13-12-28-29-19-26(56-2)10-11-30(29)45-33(35(43)44)34(28)58-41/h6,8,10-11,19,23-25,27,31-32,35H,3-5,7,9,12-18,20-22H2,1-2H3,(H,46,53)(H,47,50)(H,48,52)/b8-6-/t23-,24+,25-,27+,31+,32+,41-,42-/m1/s1. The molecule has 59 heavy (non-hydrogen) atoms. The summed E-state index contributed by atoms with van der Waals surface area (Å²) in [4.78, 5) is 62.5. The highest BCUT2D eigenvalue weighted by Crippen LogP contribution is 2.53. The van der Waals surface area contributed by atoms with E-state index in [-0.39, 0.29) is 50.5 Å². The molecule has 3 aliphatic heterocycles. The van der Waals surface area contributed by atoms with Crippen molar-refractivity contribution in [3.63, 3.8) is 0 Å². The Hall–Kier alpha value is -4.54. The number of hydrogen-bond acceptors (Lipinski definition) is 10. The predicted molar refractivity (Wildman–Crippen MR) is 209 cm³/mol. The Morgan fingerprint density at radius 3 is 2.58 bits per heavy atom. The maximum Gasteiger partial charge on any atom is 0.408 e. The minimum atomic E-state index is -4.05. The summed E-state index contributed by atoms with van der Waals surface area (Å²) in [6.07, 6.45) is 6.79. The Bertz CT molecular complexity index is 2230. The number of benzene rings is 1. The fourth-order valence-electron chi connectivity index (χ4n) is 9.89. The second kappa shape index (κ2) is 14.6. The van der Waals surface area contributed by atoms with Gasteiger partial charge >= 0.3 is 6.09 Å². The van der Waals surface area contributed by atoms with Crippen LogP contribution >= 0.6 is 0 Å². The molecule has 1 aromatic heterocycles. The van der Waals surface area contributed by atoms with E-state index in [1.165, 1.54) is 12.0 Å². The molecule has 7 aliphatic rings. The summed E-state index contributed by atoms with van der Waals surface area (Å²) >= 11 is 0. The van der Waals surface area contributed by atoms with Crippen molar-refractivity contribution in [3.8, 4) is 11.5 Å². The average Bonchev–Trinajstić information content (AvgIpc) is 4.16. The van der Waals surface area contributed by atoms with Crippen LogP contribution in [0.2, 0.25) is 0 Å². The van der Waals surface area contributed by atoms with Crippen LogP contribution < -0.4 is 24.8 Å². The van der Waals surface area contributed by atoms with Crippen molar-refractivity contribution in [3.05, 3.63) is 41.6 Å². The van der Waals surface area contributed by atoms with Gasteiger partial charge in [0.1, 0.15) is 40.8 Å². The van der Waals surface area contributed by atoms with Crippen LogP contribution in [0.5, 0.6) is 11.5 Å². The van der Waals surface area contributed by atoms with Gasteiger partial charge in [-0.25, -0.2) is 27.0 Å². The first-order chi connectivity index (χ1) is 28.1. The molecule has 4 amide bonds. The minimum absolute atomic E-state index is 0.113. The molecule has 5 fully saturated rings. The van der Waals surface area contributed by atoms with Crippen molar-refractivity contribution in [1.82, 2.24) is 25.2 Å². The highest BCUT2D eigenvalue weighted by atomic mass is 32.2. The number of rotatable bonds is 7. The first kappa shape index (κ1) is 39.9. The Morgan fingerprint density at radius 2 is 1.85 bits per heavy atom. The predicted octanol–water partition coefficient (Wildman–Crippen LogP) is 5.13. The monoisotopic (exact) mass is 839 g/mol. The lowest BCUT2D eigenvalue weighted by molar-refractivity contribution is -0.141. The number of amides is 4. The molecule has 4 aliphatic carbocycles. The van der Waals surface area contributed by atoms with E-state index >= 15 is 0 Å². The molecule has 9 rings (SSSR count). The average molecular weight is 840 g/mol. The molecule has 4 heterocycles. The van der Waals surface area contributed by atoms with Gasteiger partial charge < -0.3 is 29.7 Å². The smallest absolute Gasteiger partial charge is 0.408 e. The maximum absolute atomic E-state index is 14.8. The van der Waals surface area contributed by atoms with Crippen molar-refractivity contribution in [2.45, 2.75) is 137 Å². The topological polar surface area (TPSA) is 182 Å². The number of sulfonamides is 1. The molecule has 2 aromatic rings. The second-order valence-electron chi connectivity index (χ2n) is 18.1. The van der Waals surface area contributed by atoms with Gasteiger partial charge in [-0.2, -0.15) is 0 Å². The minimum Gasteiger partial charge on any atom is -0.497 e. The van der Waals surface area contributed by atoms with Gasteiger partial charge in [-0.15, -0.1) is 0 Å². The fourth-order valence-corrected chi connectivity index (χ4v) is 11.2. The summed E-state index contributed by atoms with van der Waals surface area (Å²) in [6, 6.07) is 2.61. The van der Waals surface area contributed by atoms with E-state index in [2.05, 4.69) is 20.3 Å². The molecular formula is C42H51F2N5O9S. The number of aromatic nitrogens is 1. The van der Waals surface area contributed by atoms with E-state index in [0.717, 1.165) is 32.1 Å². The van der Waals surface area contributed by atoms with Gasteiger partial charge in [-0.3, -0.25) is 19.1 Å². The van der Waals surface area contributed by atoms with E-state index in [4.69, 9.17) is 14.2 Å². The van der Waals surface area contributed by atoms with Gasteiger partial charge in [0.2, 0.25) is 21.8 Å². The zero-order valence-corrected chi connectivity index (χ0v) is 34.1. The van der Waals surface area contributed by atoms with E-state index < -0.39 is 79.8 Å². The van der Waals surface area contributed by atoms with Crippen LogP contribution in [0.3, 0.4) is 0 Å². The second-order valence-corrected chi connectivity index (χ2v) is 20.3. The highest BCUT2D eigenvalue weighted by molar-refractivity contribution is 7.91. The van der Waals surface area contributed by atoms with Crippen LogP contribution in [0.25, 0.3) is 10.9 Å². The number of hydrogen-bond donors (Lipinski definition) is 3. The van der Waals surface area contributed by atoms with Crippen LogP contribution in [-0.2, 0) is 35.6 Å². The Balaban J connectivity index is 1.05. The van der Waals surface area contributed by atoms with Crippen LogP contribution in [0.15, 0.2) is 30.4 Å². The number of nitrogens with one attached hydrogen (secondary N) is 3. The molecule has 14 nitrogen and oxygen atoms in total. The van der Waals surface area contributed by atoms with Crippen molar-refractivity contribution < 1.29 is 50.6 Å². The summed E-state index contributed by atoms with van der Waals surface area (Å²) in [5, 5.41) is 6.26. The van der Waals surface area contributed by atoms with Gasteiger partial charge in [-0.1, -0.05) is 25.0 Å². The van der Waals surface area contributed by atoms with Crippen LogP contribution in [0.4, 0.5) is 13.6 Å². The number of allylic oxidation sites excluding steroid dienone is 1. The van der Waals surface area contributed by atoms with E-state index in [0.29, 0.717) is 59.7 Å². The summed E-state index contributed by atoms with van der Waals surface area (Å²) in [5.74, 6) is -1.12.